The van der Waals surface area contributed by atoms with Crippen LogP contribution in [-0.4, -0.2) is 36.6 Å². The normalized spacial score (nSPS) is 24.1. The molecule has 1 fully saturated rings. The molecule has 0 bridgehead atoms. The minimum atomic E-state index is 0.00337. The van der Waals surface area contributed by atoms with E-state index in [1.807, 2.05) is 13.8 Å². The third kappa shape index (κ3) is 2.96. The monoisotopic (exact) mass is 224 g/mol. The molecule has 0 saturated carbocycles. The number of ether oxygens (including phenoxy) is 1. The molecule has 0 aliphatic carbocycles. The molecular weight excluding hydrogens is 204 g/mol. The van der Waals surface area contributed by atoms with Crippen molar-refractivity contribution in [3.05, 3.63) is 0 Å². The van der Waals surface area contributed by atoms with Crippen molar-refractivity contribution in [1.82, 2.24) is 4.90 Å². The molecule has 2 atom stereocenters. The van der Waals surface area contributed by atoms with Gasteiger partial charge in [-0.3, -0.25) is 4.79 Å². The van der Waals surface area contributed by atoms with Crippen LogP contribution in [0.15, 0.2) is 0 Å². The molecule has 0 aromatic rings. The number of amides is 1. The van der Waals surface area contributed by atoms with Crippen molar-refractivity contribution in [2.24, 2.45) is 5.92 Å². The molecule has 0 aromatic heterocycles. The largest absolute Gasteiger partial charge is 0.377 e. The summed E-state index contributed by atoms with van der Waals surface area (Å²) < 4.78 is 5.52. The summed E-state index contributed by atoms with van der Waals surface area (Å²) in [5.41, 5.74) is 0. The molecule has 0 spiro atoms. The van der Waals surface area contributed by atoms with Crippen LogP contribution in [0.1, 0.15) is 33.1 Å². The van der Waals surface area contributed by atoms with Crippen molar-refractivity contribution < 1.29 is 9.53 Å². The number of rotatable bonds is 5. The average molecular weight is 224 g/mol. The van der Waals surface area contributed by atoms with Crippen molar-refractivity contribution in [1.29, 1.82) is 5.26 Å². The Kier molecular flexibility index (Phi) is 5.27. The Bertz CT molecular complexity index is 273. The first kappa shape index (κ1) is 13.0. The van der Waals surface area contributed by atoms with Gasteiger partial charge in [0.25, 0.3) is 0 Å². The maximum absolute atomic E-state index is 12.2. The molecule has 1 rings (SSSR count). The van der Waals surface area contributed by atoms with Crippen LogP contribution in [0, 0.1) is 17.2 Å². The molecule has 1 heterocycles. The van der Waals surface area contributed by atoms with E-state index >= 15 is 0 Å². The lowest BCUT2D eigenvalue weighted by Crippen LogP contribution is -2.39. The van der Waals surface area contributed by atoms with Crippen LogP contribution in [-0.2, 0) is 9.53 Å². The van der Waals surface area contributed by atoms with Gasteiger partial charge in [0.05, 0.1) is 24.5 Å². The van der Waals surface area contributed by atoms with Crippen LogP contribution in [0.2, 0.25) is 0 Å². The Morgan fingerprint density at radius 2 is 2.31 bits per heavy atom. The predicted molar refractivity (Wildman–Crippen MR) is 60.6 cm³/mol. The van der Waals surface area contributed by atoms with Crippen molar-refractivity contribution in [2.75, 3.05) is 19.7 Å². The van der Waals surface area contributed by atoms with Gasteiger partial charge in [-0.05, 0) is 19.8 Å². The minimum Gasteiger partial charge on any atom is -0.377 e. The molecule has 2 unspecified atom stereocenters. The lowest BCUT2D eigenvalue weighted by Gasteiger charge is -2.25. The second-order valence-electron chi connectivity index (χ2n) is 4.04. The zero-order valence-electron chi connectivity index (χ0n) is 10.1. The molecular formula is C12H20N2O2. The number of carbonyl (C=O) groups is 1. The fraction of sp³-hybridized carbons (Fsp3) is 0.833. The highest BCUT2D eigenvalue weighted by Crippen LogP contribution is 2.25. The summed E-state index contributed by atoms with van der Waals surface area (Å²) in [6.45, 7) is 5.89. The number of hydrogen-bond acceptors (Lipinski definition) is 3. The standard InChI is InChI=1S/C12H20N2O2/c1-3-11-10(6-9-16-11)12(15)14(4-2)8-5-7-13/h10-11H,3-6,8-9H2,1-2H3. The number of carbonyl (C=O) groups excluding carboxylic acids is 1. The van der Waals surface area contributed by atoms with E-state index in [1.165, 1.54) is 0 Å². The predicted octanol–water partition coefficient (Wildman–Crippen LogP) is 1.56. The van der Waals surface area contributed by atoms with E-state index in [1.54, 1.807) is 4.90 Å². The first-order chi connectivity index (χ1) is 7.74. The molecule has 1 amide bonds. The summed E-state index contributed by atoms with van der Waals surface area (Å²) in [7, 11) is 0. The zero-order valence-corrected chi connectivity index (χ0v) is 10.1. The summed E-state index contributed by atoms with van der Waals surface area (Å²) in [5, 5.41) is 8.54. The molecule has 1 aliphatic rings. The van der Waals surface area contributed by atoms with Gasteiger partial charge in [0.1, 0.15) is 0 Å². The van der Waals surface area contributed by atoms with E-state index in [-0.39, 0.29) is 17.9 Å². The third-order valence-electron chi connectivity index (χ3n) is 3.12. The first-order valence-corrected chi connectivity index (χ1v) is 6.01. The lowest BCUT2D eigenvalue weighted by molar-refractivity contribution is -0.137. The van der Waals surface area contributed by atoms with Crippen LogP contribution in [0.3, 0.4) is 0 Å². The second-order valence-corrected chi connectivity index (χ2v) is 4.04. The van der Waals surface area contributed by atoms with Crippen LogP contribution in [0.25, 0.3) is 0 Å². The van der Waals surface area contributed by atoms with Gasteiger partial charge >= 0.3 is 0 Å². The smallest absolute Gasteiger partial charge is 0.228 e. The quantitative estimate of drug-likeness (QED) is 0.712. The average Bonchev–Trinajstić information content (AvgIpc) is 2.77. The van der Waals surface area contributed by atoms with E-state index in [2.05, 4.69) is 6.07 Å². The topological polar surface area (TPSA) is 53.3 Å². The molecule has 0 radical (unpaired) electrons. The SMILES string of the molecule is CCC1OCCC1C(=O)N(CC)CCC#N. The molecule has 90 valence electrons. The maximum Gasteiger partial charge on any atom is 0.228 e. The van der Waals surface area contributed by atoms with E-state index < -0.39 is 0 Å². The molecule has 0 aromatic carbocycles. The van der Waals surface area contributed by atoms with Crippen molar-refractivity contribution >= 4 is 5.91 Å². The number of nitrogens with zero attached hydrogens (tertiary/aromatic N) is 2. The summed E-state index contributed by atoms with van der Waals surface area (Å²) >= 11 is 0. The van der Waals surface area contributed by atoms with Gasteiger partial charge in [0.2, 0.25) is 5.91 Å². The van der Waals surface area contributed by atoms with Gasteiger partial charge in [-0.1, -0.05) is 6.92 Å². The van der Waals surface area contributed by atoms with Gasteiger partial charge in [-0.15, -0.1) is 0 Å². The Morgan fingerprint density at radius 1 is 1.56 bits per heavy atom. The summed E-state index contributed by atoms with van der Waals surface area (Å²) in [4.78, 5) is 14.0. The highest BCUT2D eigenvalue weighted by Gasteiger charge is 2.34. The molecule has 1 saturated heterocycles. The molecule has 0 N–H and O–H groups in total. The Balaban J connectivity index is 2.56. The maximum atomic E-state index is 12.2. The zero-order chi connectivity index (χ0) is 12.0. The Labute approximate surface area is 97.2 Å². The summed E-state index contributed by atoms with van der Waals surface area (Å²) in [6.07, 6.45) is 2.18. The molecule has 4 nitrogen and oxygen atoms in total. The van der Waals surface area contributed by atoms with Crippen molar-refractivity contribution in [3.8, 4) is 6.07 Å². The van der Waals surface area contributed by atoms with Crippen molar-refractivity contribution in [2.45, 2.75) is 39.2 Å². The second kappa shape index (κ2) is 6.49. The fourth-order valence-electron chi connectivity index (χ4n) is 2.18. The third-order valence-corrected chi connectivity index (χ3v) is 3.12. The van der Waals surface area contributed by atoms with Crippen LogP contribution in [0.4, 0.5) is 0 Å². The number of hydrogen-bond donors (Lipinski definition) is 0. The lowest BCUT2D eigenvalue weighted by atomic mass is 9.98. The molecule has 16 heavy (non-hydrogen) atoms. The highest BCUT2D eigenvalue weighted by atomic mass is 16.5. The van der Waals surface area contributed by atoms with Crippen molar-refractivity contribution in [3.63, 3.8) is 0 Å². The van der Waals surface area contributed by atoms with Gasteiger partial charge in [0, 0.05) is 19.7 Å². The first-order valence-electron chi connectivity index (χ1n) is 6.01. The van der Waals surface area contributed by atoms with Crippen LogP contribution in [0.5, 0.6) is 0 Å². The van der Waals surface area contributed by atoms with Crippen LogP contribution >= 0.6 is 0 Å². The van der Waals surface area contributed by atoms with Gasteiger partial charge in [0.15, 0.2) is 0 Å². The Hall–Kier alpha value is -1.08. The van der Waals surface area contributed by atoms with E-state index in [9.17, 15) is 4.79 Å². The Morgan fingerprint density at radius 3 is 2.88 bits per heavy atom. The van der Waals surface area contributed by atoms with E-state index in [4.69, 9.17) is 10.00 Å². The minimum absolute atomic E-state index is 0.00337. The van der Waals surface area contributed by atoms with Gasteiger partial charge < -0.3 is 9.64 Å². The number of nitriles is 1. The molecule has 1 aliphatic heterocycles. The van der Waals surface area contributed by atoms with Gasteiger partial charge in [-0.2, -0.15) is 5.26 Å². The van der Waals surface area contributed by atoms with Gasteiger partial charge in [-0.25, -0.2) is 0 Å². The van der Waals surface area contributed by atoms with E-state index in [0.717, 1.165) is 12.8 Å². The molecule has 4 heteroatoms. The van der Waals surface area contributed by atoms with Crippen LogP contribution < -0.4 is 0 Å². The van der Waals surface area contributed by atoms with E-state index in [0.29, 0.717) is 26.1 Å². The fourth-order valence-corrected chi connectivity index (χ4v) is 2.18. The summed E-state index contributed by atoms with van der Waals surface area (Å²) in [6, 6.07) is 2.08. The summed E-state index contributed by atoms with van der Waals surface area (Å²) in [5.74, 6) is 0.158. The highest BCUT2D eigenvalue weighted by molar-refractivity contribution is 5.79.